The Labute approximate surface area is 212 Å². The van der Waals surface area contributed by atoms with Gasteiger partial charge < -0.3 is 9.73 Å². The molecule has 5 rings (SSSR count). The van der Waals surface area contributed by atoms with Crippen LogP contribution < -0.4 is 9.62 Å². The van der Waals surface area contributed by atoms with Crippen LogP contribution in [0, 0.1) is 5.82 Å². The van der Waals surface area contributed by atoms with Crippen molar-refractivity contribution < 1.29 is 22.0 Å². The summed E-state index contributed by atoms with van der Waals surface area (Å²) in [7, 11) is -1.41. The number of fused-ring (bicyclic) bond motifs is 1. The van der Waals surface area contributed by atoms with Crippen molar-refractivity contribution in [3.8, 4) is 11.3 Å². The first-order chi connectivity index (χ1) is 16.9. The second-order valence-electron chi connectivity index (χ2n) is 8.50. The molecule has 1 amide bonds. The molecule has 1 heterocycles. The Morgan fingerprint density at radius 1 is 1.11 bits per heavy atom. The first kappa shape index (κ1) is 23.6. The Kier molecular flexibility index (Phi) is 6.37. The van der Waals surface area contributed by atoms with Gasteiger partial charge in [-0.2, -0.15) is 0 Å². The lowest BCUT2D eigenvalue weighted by atomic mass is 10.00. The maximum absolute atomic E-state index is 13.5. The van der Waals surface area contributed by atoms with E-state index in [1.165, 1.54) is 23.5 Å². The molecule has 1 aliphatic rings. The highest BCUT2D eigenvalue weighted by atomic mass is 79.9. The number of nitrogens with zero attached hydrogens (tertiary/aromatic N) is 1. The van der Waals surface area contributed by atoms with E-state index in [0.29, 0.717) is 33.5 Å². The summed E-state index contributed by atoms with van der Waals surface area (Å²) in [5, 5.41) is 3.25. The van der Waals surface area contributed by atoms with Gasteiger partial charge in [-0.05, 0) is 72.4 Å². The van der Waals surface area contributed by atoms with Gasteiger partial charge in [-0.3, -0.25) is 9.10 Å². The zero-order valence-corrected chi connectivity index (χ0v) is 21.2. The lowest BCUT2D eigenvalue weighted by molar-refractivity contribution is 0.0964. The Morgan fingerprint density at radius 2 is 1.80 bits per heavy atom. The van der Waals surface area contributed by atoms with Crippen molar-refractivity contribution >= 4 is 49.4 Å². The van der Waals surface area contributed by atoms with Crippen LogP contribution in [0.3, 0.4) is 0 Å². The summed E-state index contributed by atoms with van der Waals surface area (Å²) in [5.41, 5.74) is 3.53. The highest BCUT2D eigenvalue weighted by molar-refractivity contribution is 9.10. The van der Waals surface area contributed by atoms with Gasteiger partial charge in [0.15, 0.2) is 0 Å². The van der Waals surface area contributed by atoms with Crippen LogP contribution in [0.5, 0.6) is 0 Å². The van der Waals surface area contributed by atoms with Gasteiger partial charge in [-0.25, -0.2) is 12.8 Å². The molecule has 0 aliphatic heterocycles. The molecule has 1 aromatic heterocycles. The third kappa shape index (κ3) is 4.70. The summed E-state index contributed by atoms with van der Waals surface area (Å²) in [5.74, 6) is -0.214. The number of thiol groups is 1. The minimum Gasteiger partial charge on any atom is -0.455 e. The predicted molar refractivity (Wildman–Crippen MR) is 138 cm³/mol. The van der Waals surface area contributed by atoms with E-state index in [4.69, 9.17) is 4.42 Å². The Bertz CT molecular complexity index is 1480. The van der Waals surface area contributed by atoms with Crippen LogP contribution in [0.1, 0.15) is 40.2 Å². The van der Waals surface area contributed by atoms with Gasteiger partial charge in [-0.15, -0.1) is 0 Å². The molecule has 1 fully saturated rings. The number of carbonyl (C=O) groups is 1. The highest BCUT2D eigenvalue weighted by Crippen LogP contribution is 2.48. The molecule has 0 bridgehead atoms. The molecular formula is C26H22BrFN2O4S. The molecule has 1 N–H and O–H groups in total. The van der Waals surface area contributed by atoms with Crippen LogP contribution in [0.15, 0.2) is 69.6 Å². The molecule has 0 unspecified atom stereocenters. The average molecular weight is 557 g/mol. The normalized spacial score (nSPS) is 13.4. The third-order valence-corrected chi connectivity index (χ3v) is 7.42. The monoisotopic (exact) mass is 556 g/mol. The third-order valence-electron chi connectivity index (χ3n) is 6.14. The lowest BCUT2D eigenvalue weighted by Crippen LogP contribution is -2.22. The van der Waals surface area contributed by atoms with Crippen LogP contribution in [-0.2, 0) is 17.4 Å². The van der Waals surface area contributed by atoms with E-state index >= 15 is 0 Å². The van der Waals surface area contributed by atoms with E-state index in [-0.39, 0.29) is 18.4 Å². The molecule has 6 nitrogen and oxygen atoms in total. The molecule has 3 aromatic carbocycles. The number of rotatable bonds is 7. The number of halogens is 2. The summed E-state index contributed by atoms with van der Waals surface area (Å²) < 4.78 is 46.7. The Morgan fingerprint density at radius 3 is 2.40 bits per heavy atom. The summed E-state index contributed by atoms with van der Waals surface area (Å²) in [6.45, 7) is 0.172. The summed E-state index contributed by atoms with van der Waals surface area (Å²) in [6, 6.07) is 16.8. The molecule has 4 aromatic rings. The minimum absolute atomic E-state index is 0.172. The molecule has 9 heteroatoms. The second kappa shape index (κ2) is 9.47. The average Bonchev–Trinajstić information content (AvgIpc) is 3.63. The van der Waals surface area contributed by atoms with E-state index in [2.05, 4.69) is 21.2 Å². The van der Waals surface area contributed by atoms with Crippen LogP contribution in [0.4, 0.5) is 10.1 Å². The number of hydrogen-bond donors (Lipinski definition) is 2. The number of carbonyl (C=O) groups excluding carboxylic acids is 1. The van der Waals surface area contributed by atoms with Crippen LogP contribution in [-0.4, -0.2) is 21.4 Å². The van der Waals surface area contributed by atoms with E-state index < -0.39 is 16.7 Å². The lowest BCUT2D eigenvalue weighted by Gasteiger charge is -2.21. The molecule has 1 aliphatic carbocycles. The number of amides is 1. The molecule has 0 radical (unpaired) electrons. The summed E-state index contributed by atoms with van der Waals surface area (Å²) in [6.07, 6.45) is 1.89. The first-order valence-corrected chi connectivity index (χ1v) is 13.0. The fraction of sp³-hybridized carbons (Fsp3) is 0.192. The highest BCUT2D eigenvalue weighted by Gasteiger charge is 2.31. The smallest absolute Gasteiger partial charge is 0.255 e. The van der Waals surface area contributed by atoms with Gasteiger partial charge in [0.2, 0.25) is 10.9 Å². The Balaban J connectivity index is 1.69. The molecule has 0 saturated heterocycles. The maximum atomic E-state index is 13.5. The number of hydrogen-bond acceptors (Lipinski definition) is 4. The molecular weight excluding hydrogens is 535 g/mol. The van der Waals surface area contributed by atoms with Crippen molar-refractivity contribution in [3.05, 3.63) is 87.6 Å². The molecule has 0 atom stereocenters. The quantitative estimate of drug-likeness (QED) is 0.283. The minimum atomic E-state index is -2.95. The second-order valence-corrected chi connectivity index (χ2v) is 10.4. The fourth-order valence-electron chi connectivity index (χ4n) is 4.24. The van der Waals surface area contributed by atoms with Crippen molar-refractivity contribution in [2.24, 2.45) is 0 Å². The van der Waals surface area contributed by atoms with Gasteiger partial charge >= 0.3 is 0 Å². The molecule has 0 spiro atoms. The number of anilines is 1. The van der Waals surface area contributed by atoms with Crippen molar-refractivity contribution in [3.63, 3.8) is 0 Å². The van der Waals surface area contributed by atoms with Gasteiger partial charge in [0, 0.05) is 28.5 Å². The molecule has 180 valence electrons. The van der Waals surface area contributed by atoms with Crippen LogP contribution in [0.25, 0.3) is 22.3 Å². The fourth-order valence-corrected chi connectivity index (χ4v) is 5.13. The van der Waals surface area contributed by atoms with Crippen molar-refractivity contribution in [2.45, 2.75) is 25.3 Å². The number of benzene rings is 3. The van der Waals surface area contributed by atoms with Crippen molar-refractivity contribution in [1.29, 1.82) is 0 Å². The number of furan rings is 1. The van der Waals surface area contributed by atoms with Crippen molar-refractivity contribution in [2.75, 3.05) is 11.4 Å². The van der Waals surface area contributed by atoms with Crippen LogP contribution >= 0.6 is 15.9 Å². The summed E-state index contributed by atoms with van der Waals surface area (Å²) >= 11 is 3.40. The zero-order valence-electron chi connectivity index (χ0n) is 18.8. The van der Waals surface area contributed by atoms with Gasteiger partial charge in [0.1, 0.15) is 17.2 Å². The van der Waals surface area contributed by atoms with E-state index in [1.807, 2.05) is 30.3 Å². The topological polar surface area (TPSA) is 79.6 Å². The first-order valence-electron chi connectivity index (χ1n) is 11.1. The van der Waals surface area contributed by atoms with E-state index in [1.54, 1.807) is 18.2 Å². The summed E-state index contributed by atoms with van der Waals surface area (Å²) in [4.78, 5) is 12.9. The standard InChI is InChI=1S/C26H22BrFN2O4S/c1-29-26(31)24-21-12-20(16-4-5-16)22(30(35(32)33)14-15-2-8-18(27)9-3-15)13-23(21)34-25(24)17-6-10-19(28)11-7-17/h2-3,6-13,16,35H,4-5,14H2,1H3,(H,29,31). The van der Waals surface area contributed by atoms with E-state index in [9.17, 15) is 17.6 Å². The SMILES string of the molecule is CNC(=O)c1c(-c2ccc(F)cc2)oc2cc(N(Cc3ccc(Br)cc3)[SH](=O)=O)c(C3CC3)cc12. The molecule has 35 heavy (non-hydrogen) atoms. The largest absolute Gasteiger partial charge is 0.455 e. The van der Waals surface area contributed by atoms with Crippen molar-refractivity contribution in [1.82, 2.24) is 5.32 Å². The van der Waals surface area contributed by atoms with Gasteiger partial charge in [-0.1, -0.05) is 28.1 Å². The molecule has 1 saturated carbocycles. The predicted octanol–water partition coefficient (Wildman–Crippen LogP) is 5.77. The van der Waals surface area contributed by atoms with Gasteiger partial charge in [0.25, 0.3) is 5.91 Å². The maximum Gasteiger partial charge on any atom is 0.255 e. The van der Waals surface area contributed by atoms with Crippen LogP contribution in [0.2, 0.25) is 0 Å². The number of nitrogens with one attached hydrogen (secondary N) is 1. The zero-order chi connectivity index (χ0) is 24.7. The Hall–Kier alpha value is -3.17. The van der Waals surface area contributed by atoms with Gasteiger partial charge in [0.05, 0.1) is 17.8 Å². The van der Waals surface area contributed by atoms with E-state index in [0.717, 1.165) is 28.4 Å².